The summed E-state index contributed by atoms with van der Waals surface area (Å²) in [6.45, 7) is 4.35. The van der Waals surface area contributed by atoms with E-state index in [0.29, 0.717) is 5.92 Å². The van der Waals surface area contributed by atoms with Gasteiger partial charge in [-0.2, -0.15) is 0 Å². The van der Waals surface area contributed by atoms with Gasteiger partial charge in [0.1, 0.15) is 5.65 Å². The summed E-state index contributed by atoms with van der Waals surface area (Å²) >= 11 is 0. The Bertz CT molecular complexity index is 392. The van der Waals surface area contributed by atoms with Crippen LogP contribution >= 0.6 is 0 Å². The Hall–Kier alpha value is -1.31. The standard InChI is InChI=1S/C10H12N2.H2/c1-7(2)9-5-8-3-4-11-10(8)12-6-9;/h3-7H,1-2H3,(H,11,12);1H. The maximum Gasteiger partial charge on any atom is 0.137 e. The normalized spacial score (nSPS) is 11.2. The molecule has 1 N–H and O–H groups in total. The maximum absolute atomic E-state index is 4.31. The lowest BCUT2D eigenvalue weighted by molar-refractivity contribution is 0.862. The first kappa shape index (κ1) is 7.35. The molecule has 0 saturated carbocycles. The minimum Gasteiger partial charge on any atom is -0.346 e. The molecule has 2 aromatic rings. The van der Waals surface area contributed by atoms with Crippen molar-refractivity contribution in [3.63, 3.8) is 0 Å². The topological polar surface area (TPSA) is 28.7 Å². The molecule has 0 aliphatic heterocycles. The molecular formula is C10H14N2. The van der Waals surface area contributed by atoms with Crippen LogP contribution in [0, 0.1) is 0 Å². The van der Waals surface area contributed by atoms with E-state index in [1.807, 2.05) is 18.5 Å². The average molecular weight is 162 g/mol. The molecule has 0 fully saturated rings. The minimum absolute atomic E-state index is 0. The van der Waals surface area contributed by atoms with Crippen molar-refractivity contribution < 1.29 is 1.43 Å². The van der Waals surface area contributed by atoms with Crippen molar-refractivity contribution in [2.45, 2.75) is 19.8 Å². The van der Waals surface area contributed by atoms with Crippen molar-refractivity contribution in [2.24, 2.45) is 0 Å². The first-order chi connectivity index (χ1) is 5.77. The largest absolute Gasteiger partial charge is 0.346 e. The van der Waals surface area contributed by atoms with Gasteiger partial charge in [-0.05, 0) is 23.6 Å². The third-order valence-electron chi connectivity index (χ3n) is 2.09. The maximum atomic E-state index is 4.31. The highest BCUT2D eigenvalue weighted by atomic mass is 14.8. The molecule has 0 radical (unpaired) electrons. The molecule has 2 rings (SSSR count). The average Bonchev–Trinajstić information content (AvgIpc) is 2.49. The minimum atomic E-state index is 0. The van der Waals surface area contributed by atoms with Crippen LogP contribution in [0.2, 0.25) is 0 Å². The van der Waals surface area contributed by atoms with E-state index in [1.54, 1.807) is 0 Å². The number of aromatic nitrogens is 2. The number of nitrogens with zero attached hydrogens (tertiary/aromatic N) is 1. The van der Waals surface area contributed by atoms with E-state index in [9.17, 15) is 0 Å². The fraction of sp³-hybridized carbons (Fsp3) is 0.300. The second-order valence-electron chi connectivity index (χ2n) is 3.34. The molecule has 0 unspecified atom stereocenters. The summed E-state index contributed by atoms with van der Waals surface area (Å²) in [6.07, 6.45) is 3.85. The van der Waals surface area contributed by atoms with Crippen LogP contribution in [0.4, 0.5) is 0 Å². The number of hydrogen-bond donors (Lipinski definition) is 1. The van der Waals surface area contributed by atoms with Crippen LogP contribution in [0.1, 0.15) is 26.8 Å². The SMILES string of the molecule is CC(C)c1cnc2[nH]ccc2c1.[HH]. The van der Waals surface area contributed by atoms with Gasteiger partial charge in [-0.25, -0.2) is 4.98 Å². The number of aromatic amines is 1. The summed E-state index contributed by atoms with van der Waals surface area (Å²) in [5, 5.41) is 1.20. The quantitative estimate of drug-likeness (QED) is 0.686. The highest BCUT2D eigenvalue weighted by Crippen LogP contribution is 2.17. The zero-order valence-electron chi connectivity index (χ0n) is 7.33. The molecule has 2 heteroatoms. The van der Waals surface area contributed by atoms with E-state index in [1.165, 1.54) is 10.9 Å². The van der Waals surface area contributed by atoms with Crippen molar-refractivity contribution in [1.82, 2.24) is 9.97 Å². The van der Waals surface area contributed by atoms with Crippen LogP contribution in [-0.2, 0) is 0 Å². The first-order valence-electron chi connectivity index (χ1n) is 4.20. The first-order valence-corrected chi connectivity index (χ1v) is 4.20. The number of H-pyrrole nitrogens is 1. The molecule has 2 aromatic heterocycles. The van der Waals surface area contributed by atoms with Crippen LogP contribution in [0.5, 0.6) is 0 Å². The van der Waals surface area contributed by atoms with E-state index in [0.717, 1.165) is 5.65 Å². The predicted molar refractivity (Wildman–Crippen MR) is 52.3 cm³/mol. The van der Waals surface area contributed by atoms with Crippen LogP contribution in [0.3, 0.4) is 0 Å². The number of fused-ring (bicyclic) bond motifs is 1. The van der Waals surface area contributed by atoms with Gasteiger partial charge >= 0.3 is 0 Å². The predicted octanol–water partition coefficient (Wildman–Crippen LogP) is 2.93. The van der Waals surface area contributed by atoms with E-state index >= 15 is 0 Å². The molecule has 2 heterocycles. The van der Waals surface area contributed by atoms with E-state index < -0.39 is 0 Å². The Balaban J connectivity index is 0.000000845. The van der Waals surface area contributed by atoms with Crippen molar-refractivity contribution in [3.8, 4) is 0 Å². The van der Waals surface area contributed by atoms with Gasteiger partial charge in [0.2, 0.25) is 0 Å². The number of rotatable bonds is 1. The summed E-state index contributed by atoms with van der Waals surface area (Å²) in [5.74, 6) is 0.553. The molecule has 12 heavy (non-hydrogen) atoms. The Morgan fingerprint density at radius 1 is 1.50 bits per heavy atom. The van der Waals surface area contributed by atoms with Crippen LogP contribution in [0.15, 0.2) is 24.5 Å². The van der Waals surface area contributed by atoms with Gasteiger partial charge in [0, 0.05) is 19.2 Å². The van der Waals surface area contributed by atoms with Crippen molar-refractivity contribution in [3.05, 3.63) is 30.1 Å². The number of hydrogen-bond acceptors (Lipinski definition) is 1. The van der Waals surface area contributed by atoms with Crippen LogP contribution < -0.4 is 0 Å². The zero-order valence-corrected chi connectivity index (χ0v) is 7.33. The van der Waals surface area contributed by atoms with Gasteiger partial charge in [0.05, 0.1) is 0 Å². The zero-order chi connectivity index (χ0) is 8.55. The van der Waals surface area contributed by atoms with E-state index in [4.69, 9.17) is 0 Å². The van der Waals surface area contributed by atoms with Gasteiger partial charge in [-0.1, -0.05) is 13.8 Å². The fourth-order valence-corrected chi connectivity index (χ4v) is 1.27. The third kappa shape index (κ3) is 1.09. The summed E-state index contributed by atoms with van der Waals surface area (Å²) < 4.78 is 0. The Morgan fingerprint density at radius 2 is 2.33 bits per heavy atom. The van der Waals surface area contributed by atoms with Gasteiger partial charge < -0.3 is 4.98 Å². The molecular weight excluding hydrogens is 148 g/mol. The highest BCUT2D eigenvalue weighted by Gasteiger charge is 2.01. The smallest absolute Gasteiger partial charge is 0.137 e. The summed E-state index contributed by atoms with van der Waals surface area (Å²) in [7, 11) is 0. The van der Waals surface area contributed by atoms with Crippen LogP contribution in [0.25, 0.3) is 11.0 Å². The lowest BCUT2D eigenvalue weighted by Crippen LogP contribution is -1.88. The van der Waals surface area contributed by atoms with Gasteiger partial charge in [0.15, 0.2) is 0 Å². The molecule has 0 bridgehead atoms. The summed E-state index contributed by atoms with van der Waals surface area (Å²) in [4.78, 5) is 7.38. The summed E-state index contributed by atoms with van der Waals surface area (Å²) in [5.41, 5.74) is 2.27. The van der Waals surface area contributed by atoms with Crippen molar-refractivity contribution >= 4 is 11.0 Å². The molecule has 0 amide bonds. The monoisotopic (exact) mass is 162 g/mol. The Morgan fingerprint density at radius 3 is 3.08 bits per heavy atom. The summed E-state index contributed by atoms with van der Waals surface area (Å²) in [6, 6.07) is 4.23. The lowest BCUT2D eigenvalue weighted by Gasteiger charge is -2.03. The van der Waals surface area contributed by atoms with Crippen molar-refractivity contribution in [2.75, 3.05) is 0 Å². The Labute approximate surface area is 73.1 Å². The highest BCUT2D eigenvalue weighted by molar-refractivity contribution is 5.75. The molecule has 0 aliphatic rings. The fourth-order valence-electron chi connectivity index (χ4n) is 1.27. The molecule has 64 valence electrons. The van der Waals surface area contributed by atoms with Gasteiger partial charge in [0.25, 0.3) is 0 Å². The molecule has 2 nitrogen and oxygen atoms in total. The van der Waals surface area contributed by atoms with E-state index in [-0.39, 0.29) is 1.43 Å². The molecule has 0 aromatic carbocycles. The second-order valence-corrected chi connectivity index (χ2v) is 3.34. The van der Waals surface area contributed by atoms with Gasteiger partial charge in [-0.3, -0.25) is 0 Å². The van der Waals surface area contributed by atoms with Crippen molar-refractivity contribution in [1.29, 1.82) is 0 Å². The second kappa shape index (κ2) is 2.63. The Kier molecular flexibility index (Phi) is 1.61. The lowest BCUT2D eigenvalue weighted by atomic mass is 10.1. The molecule has 0 saturated heterocycles. The number of nitrogens with one attached hydrogen (secondary N) is 1. The molecule has 0 aliphatic carbocycles. The molecule has 0 atom stereocenters. The number of pyridine rings is 1. The van der Waals surface area contributed by atoms with Crippen LogP contribution in [-0.4, -0.2) is 9.97 Å². The van der Waals surface area contributed by atoms with E-state index in [2.05, 4.69) is 29.9 Å². The third-order valence-corrected chi connectivity index (χ3v) is 2.09. The molecule has 0 spiro atoms. The van der Waals surface area contributed by atoms with Gasteiger partial charge in [-0.15, -0.1) is 0 Å².